The molecule has 122 heavy (non-hydrogen) atoms. The van der Waals surface area contributed by atoms with Gasteiger partial charge in [0.15, 0.2) is 0 Å². The zero-order valence-electron chi connectivity index (χ0n) is 74.8. The molecule has 7 aromatic carbocycles. The number of amides is 10. The first-order valence-corrected chi connectivity index (χ1v) is 44.1. The summed E-state index contributed by atoms with van der Waals surface area (Å²) in [5.74, 6) is -5.22. The van der Waals surface area contributed by atoms with E-state index in [2.05, 4.69) is 6.92 Å². The van der Waals surface area contributed by atoms with Gasteiger partial charge in [0.1, 0.15) is 38.5 Å². The number of hydrogen-bond acceptors (Lipinski definition) is 12. The van der Waals surface area contributed by atoms with Crippen molar-refractivity contribution in [3.8, 4) is 0 Å². The largest absolute Gasteiger partial charge is 0.332 e. The van der Waals surface area contributed by atoms with Crippen LogP contribution in [0.15, 0.2) is 212 Å². The Hall–Kier alpha value is -11.1. The number of hydrogen-bond donors (Lipinski definition) is 0. The topological polar surface area (TPSA) is 223 Å². The second kappa shape index (κ2) is 51.6. The second-order valence-electron chi connectivity index (χ2n) is 32.4. The summed E-state index contributed by atoms with van der Waals surface area (Å²) in [6.07, 6.45) is 8.43. The highest BCUT2D eigenvalue weighted by molar-refractivity contribution is 5.95. The summed E-state index contributed by atoms with van der Waals surface area (Å²) in [5.41, 5.74) is 5.44. The molecule has 7 aromatic rings. The lowest BCUT2D eigenvalue weighted by molar-refractivity contribution is -0.151. The van der Waals surface area contributed by atoms with E-state index in [-0.39, 0.29) is 57.0 Å². The van der Waals surface area contributed by atoms with E-state index < -0.39 is 142 Å². The van der Waals surface area contributed by atoms with Crippen LogP contribution in [0.1, 0.15) is 241 Å². The predicted octanol–water partition coefficient (Wildman–Crippen LogP) is 15.9. The van der Waals surface area contributed by atoms with Crippen molar-refractivity contribution >= 4 is 64.9 Å². The highest BCUT2D eigenvalue weighted by Crippen LogP contribution is 2.30. The highest BCUT2D eigenvalue weighted by atomic mass is 16.2. The summed E-state index contributed by atoms with van der Waals surface area (Å²) in [5, 5.41) is 0. The van der Waals surface area contributed by atoms with Crippen LogP contribution in [-0.2, 0) is 52.7 Å². The average Bonchev–Trinajstić information content (AvgIpc) is 0.818. The number of unbranched alkanes of at least 4 members (excludes halogenated alkanes) is 8. The number of ketones is 1. The predicted molar refractivity (Wildman–Crippen MR) is 482 cm³/mol. The number of benzene rings is 7. The van der Waals surface area contributed by atoms with Gasteiger partial charge in [-0.25, -0.2) is 0 Å². The molecule has 22 heteroatoms. The van der Waals surface area contributed by atoms with Crippen molar-refractivity contribution in [1.82, 2.24) is 53.9 Å². The van der Waals surface area contributed by atoms with Gasteiger partial charge in [-0.15, -0.1) is 0 Å². The molecular weight excluding hydrogens is 1530 g/mol. The second-order valence-corrected chi connectivity index (χ2v) is 32.4. The number of nitrogens with zero attached hydrogens (tertiary/aromatic N) is 11. The van der Waals surface area contributed by atoms with E-state index in [1.807, 2.05) is 294 Å². The molecule has 0 heterocycles. The van der Waals surface area contributed by atoms with Gasteiger partial charge in [0.25, 0.3) is 0 Å². The molecule has 0 saturated heterocycles. The van der Waals surface area contributed by atoms with Crippen LogP contribution in [0.4, 0.5) is 0 Å². The third-order valence-corrected chi connectivity index (χ3v) is 23.5. The molecule has 0 aromatic heterocycles. The van der Waals surface area contributed by atoms with E-state index in [1.165, 1.54) is 51.0 Å². The molecule has 22 nitrogen and oxygen atoms in total. The Morgan fingerprint density at radius 3 is 0.566 bits per heavy atom. The van der Waals surface area contributed by atoms with E-state index in [0.717, 1.165) is 67.2 Å². The number of carbonyl (C=O) groups excluding carboxylic acids is 11. The molecule has 0 spiro atoms. The van der Waals surface area contributed by atoms with Crippen LogP contribution in [0.25, 0.3) is 0 Å². The molecule has 0 fully saturated rings. The molecule has 7 atom stereocenters. The van der Waals surface area contributed by atoms with Crippen LogP contribution in [0.3, 0.4) is 0 Å². The van der Waals surface area contributed by atoms with Crippen LogP contribution >= 0.6 is 0 Å². The molecule has 0 radical (unpaired) electrons. The highest BCUT2D eigenvalue weighted by Gasteiger charge is 2.38. The lowest BCUT2D eigenvalue weighted by Crippen LogP contribution is -2.53. The van der Waals surface area contributed by atoms with E-state index in [4.69, 9.17) is 0 Å². The monoisotopic (exact) mass is 1670 g/mol. The van der Waals surface area contributed by atoms with E-state index in [9.17, 15) is 14.4 Å². The molecular formula is C100H135N11O11. The van der Waals surface area contributed by atoms with Crippen molar-refractivity contribution in [2.45, 2.75) is 202 Å². The third kappa shape index (κ3) is 30.2. The van der Waals surface area contributed by atoms with Crippen molar-refractivity contribution in [3.63, 3.8) is 0 Å². The maximum Gasteiger partial charge on any atom is 0.243 e. The Balaban J connectivity index is 1.21. The minimum absolute atomic E-state index is 0.0470. The average molecular weight is 1670 g/mol. The summed E-state index contributed by atoms with van der Waals surface area (Å²) >= 11 is 0. The third-order valence-electron chi connectivity index (χ3n) is 23.5. The Kier molecular flexibility index (Phi) is 41.4. The van der Waals surface area contributed by atoms with Crippen molar-refractivity contribution < 1.29 is 52.7 Å². The Morgan fingerprint density at radius 1 is 0.213 bits per heavy atom. The van der Waals surface area contributed by atoms with E-state index in [0.29, 0.717) is 55.3 Å². The first-order chi connectivity index (χ1) is 58.7. The fraction of sp³-hybridized carbons (Fsp3) is 0.470. The van der Waals surface area contributed by atoms with Gasteiger partial charge in [-0.2, -0.15) is 0 Å². The van der Waals surface area contributed by atoms with Crippen LogP contribution in [0.2, 0.25) is 0 Å². The number of Topliss-reactive ketones (excluding diaryl/α,β-unsaturated/α-hetero) is 1. The number of carbonyl (C=O) groups is 11. The van der Waals surface area contributed by atoms with Gasteiger partial charge < -0.3 is 49.0 Å². The standard InChI is InChI=1S/C100H135N11O11/c1-14-18-43-61-102(91(113)66-101(13)77(6)84-47-29-22-30-48-84)67-95(117)107(79(8)86-51-33-24-34-52-86)71-92(114)105(64-46-21-17-4)70-98(120)111(83(12)90-59-41-28-42-60-90)75-100(122)109(81(10)88-55-37-26-38-56-88)73-94(116)103(62-44-19-15-2)68-96(118)108(80(9)87-53-35-25-36-54-87)72-93(115)104(63-45-20-16-3)69-97(119)110(82(11)89-57-39-27-40-58-89)74-99(121)106(65-76(5)112)78(7)85-49-31-23-32-50-85/h22-42,47-60,77-83H,14-21,43-46,61-75H2,1-13H3/t77-,78-,79-,80-,81-,82-,83-/m0/s1. The minimum atomic E-state index is -0.778. The number of likely N-dealkylation sites (N-methyl/N-ethyl adjacent to an activating group) is 1. The molecule has 0 aliphatic heterocycles. The lowest BCUT2D eigenvalue weighted by atomic mass is 10.0. The minimum Gasteiger partial charge on any atom is -0.332 e. The summed E-state index contributed by atoms with van der Waals surface area (Å²) in [4.78, 5) is 184. The van der Waals surface area contributed by atoms with Gasteiger partial charge in [-0.3, -0.25) is 57.6 Å². The van der Waals surface area contributed by atoms with Gasteiger partial charge in [0, 0.05) is 32.2 Å². The van der Waals surface area contributed by atoms with E-state index in [1.54, 1.807) is 4.90 Å². The molecule has 0 aliphatic carbocycles. The van der Waals surface area contributed by atoms with Crippen LogP contribution in [0.5, 0.6) is 0 Å². The molecule has 0 N–H and O–H groups in total. The maximum atomic E-state index is 16.0. The molecule has 0 saturated carbocycles. The van der Waals surface area contributed by atoms with Crippen molar-refractivity contribution in [2.75, 3.05) is 105 Å². The first kappa shape index (κ1) is 98.0. The summed E-state index contributed by atoms with van der Waals surface area (Å²) in [6, 6.07) is 61.4. The molecule has 0 unspecified atom stereocenters. The summed E-state index contributed by atoms with van der Waals surface area (Å²) < 4.78 is 0. The normalized spacial score (nSPS) is 12.9. The zero-order valence-corrected chi connectivity index (χ0v) is 74.8. The summed E-state index contributed by atoms with van der Waals surface area (Å²) in [6.45, 7) is 19.0. The fourth-order valence-electron chi connectivity index (χ4n) is 15.4. The molecule has 7 rings (SSSR count). The Morgan fingerprint density at radius 2 is 0.377 bits per heavy atom. The van der Waals surface area contributed by atoms with Gasteiger partial charge in [0.05, 0.1) is 75.5 Å². The van der Waals surface area contributed by atoms with Crippen LogP contribution in [0, 0.1) is 0 Å². The summed E-state index contributed by atoms with van der Waals surface area (Å²) in [7, 11) is 1.89. The van der Waals surface area contributed by atoms with Gasteiger partial charge in [-0.05, 0) is 127 Å². The quantitative estimate of drug-likeness (QED) is 0.0325. The van der Waals surface area contributed by atoms with Crippen molar-refractivity contribution in [1.29, 1.82) is 0 Å². The van der Waals surface area contributed by atoms with Crippen LogP contribution < -0.4 is 0 Å². The van der Waals surface area contributed by atoms with E-state index >= 15 is 38.4 Å². The van der Waals surface area contributed by atoms with Gasteiger partial charge in [0.2, 0.25) is 59.1 Å². The smallest absolute Gasteiger partial charge is 0.243 e. The molecule has 0 bridgehead atoms. The fourth-order valence-corrected chi connectivity index (χ4v) is 15.4. The zero-order chi connectivity index (χ0) is 88.6. The molecule has 656 valence electrons. The Bertz CT molecular complexity index is 4380. The van der Waals surface area contributed by atoms with Gasteiger partial charge >= 0.3 is 0 Å². The van der Waals surface area contributed by atoms with Crippen molar-refractivity contribution in [3.05, 3.63) is 251 Å². The molecule has 10 amide bonds. The van der Waals surface area contributed by atoms with Crippen molar-refractivity contribution in [2.24, 2.45) is 0 Å². The lowest BCUT2D eigenvalue weighted by Gasteiger charge is -2.37. The Labute approximate surface area is 726 Å². The van der Waals surface area contributed by atoms with Gasteiger partial charge in [-0.1, -0.05) is 291 Å². The first-order valence-electron chi connectivity index (χ1n) is 44.1. The SMILES string of the molecule is CCCCCN(CC(=O)N(CC(=O)N(CCCCC)CC(=O)N(CC(=O)N(CC(=O)N(CCCCC)CC(=O)N(CC(=O)N(CCCCC)CC(=O)N(CC(=O)N(CC(C)=O)[C@@H](C)c1ccccc1)[C@@H](C)c1ccccc1)[C@@H](C)c1ccccc1)[C@@H](C)c1ccccc1)[C@@H](C)c1ccccc1)[C@@H](C)c1ccccc1)C(=O)CN(C)[C@@H](C)c1ccccc1. The van der Waals surface area contributed by atoms with Crippen LogP contribution in [-0.4, -0.2) is 224 Å². The molecule has 0 aliphatic rings. The maximum absolute atomic E-state index is 16.0. The number of rotatable bonds is 52.